The van der Waals surface area contributed by atoms with E-state index in [1.165, 1.54) is 66.3 Å². The summed E-state index contributed by atoms with van der Waals surface area (Å²) in [7, 11) is 0. The molecule has 0 radical (unpaired) electrons. The summed E-state index contributed by atoms with van der Waals surface area (Å²) in [6.45, 7) is 4.68. The van der Waals surface area contributed by atoms with Gasteiger partial charge in [0.1, 0.15) is 0 Å². The minimum absolute atomic E-state index is 0.00620. The Labute approximate surface area is 310 Å². The first-order valence-electron chi connectivity index (χ1n) is 18.4. The second kappa shape index (κ2) is 12.3. The predicted molar refractivity (Wildman–Crippen MR) is 224 cm³/mol. The van der Waals surface area contributed by atoms with Crippen molar-refractivity contribution in [2.24, 2.45) is 0 Å². The van der Waals surface area contributed by atoms with Gasteiger partial charge in [-0.05, 0) is 105 Å². The number of para-hydroxylation sites is 2. The third-order valence-corrected chi connectivity index (χ3v) is 11.2. The molecule has 0 aliphatic heterocycles. The van der Waals surface area contributed by atoms with Gasteiger partial charge in [0.25, 0.3) is 0 Å². The lowest BCUT2D eigenvalue weighted by molar-refractivity contribution is 0.660. The fourth-order valence-electron chi connectivity index (χ4n) is 8.63. The number of hydrogen-bond acceptors (Lipinski definition) is 1. The molecule has 1 aliphatic rings. The van der Waals surface area contributed by atoms with E-state index in [1.807, 2.05) is 0 Å². The van der Waals surface area contributed by atoms with Crippen LogP contribution in [0.15, 0.2) is 194 Å². The lowest BCUT2D eigenvalue weighted by Crippen LogP contribution is -2.14. The van der Waals surface area contributed by atoms with Crippen molar-refractivity contribution in [1.29, 1.82) is 0 Å². The van der Waals surface area contributed by atoms with E-state index in [-0.39, 0.29) is 5.41 Å². The number of benzene rings is 8. The summed E-state index contributed by atoms with van der Waals surface area (Å²) < 4.78 is 2.39. The topological polar surface area (TPSA) is 8.17 Å². The maximum Gasteiger partial charge on any atom is 0.0562 e. The quantitative estimate of drug-likeness (QED) is 0.170. The monoisotopic (exact) mass is 678 g/mol. The van der Waals surface area contributed by atoms with Crippen LogP contribution in [0.25, 0.3) is 60.9 Å². The van der Waals surface area contributed by atoms with Gasteiger partial charge in [-0.15, -0.1) is 0 Å². The largest absolute Gasteiger partial charge is 0.310 e. The molecule has 0 fully saturated rings. The highest BCUT2D eigenvalue weighted by atomic mass is 15.1. The normalized spacial score (nSPS) is 12.9. The van der Waals surface area contributed by atoms with Crippen LogP contribution in [0.3, 0.4) is 0 Å². The lowest BCUT2D eigenvalue weighted by Gasteiger charge is -2.27. The molecule has 9 aromatic rings. The molecule has 1 heterocycles. The predicted octanol–water partition coefficient (Wildman–Crippen LogP) is 13.9. The summed E-state index contributed by atoms with van der Waals surface area (Å²) in [5.41, 5.74) is 17.2. The highest BCUT2D eigenvalue weighted by Crippen LogP contribution is 2.50. The van der Waals surface area contributed by atoms with Gasteiger partial charge < -0.3 is 9.47 Å². The van der Waals surface area contributed by atoms with Crippen molar-refractivity contribution < 1.29 is 0 Å². The van der Waals surface area contributed by atoms with E-state index in [2.05, 4.69) is 217 Å². The Morgan fingerprint density at radius 2 is 1.02 bits per heavy atom. The van der Waals surface area contributed by atoms with Crippen LogP contribution in [-0.2, 0) is 5.41 Å². The van der Waals surface area contributed by atoms with E-state index >= 15 is 0 Å². The van der Waals surface area contributed by atoms with Gasteiger partial charge in [0.05, 0.1) is 16.7 Å². The Kier molecular flexibility index (Phi) is 7.19. The zero-order valence-corrected chi connectivity index (χ0v) is 29.9. The average molecular weight is 679 g/mol. The van der Waals surface area contributed by atoms with E-state index < -0.39 is 0 Å². The highest BCUT2D eigenvalue weighted by Gasteiger charge is 2.35. The number of aromatic nitrogens is 1. The number of hydrogen-bond donors (Lipinski definition) is 0. The van der Waals surface area contributed by atoms with Crippen molar-refractivity contribution in [1.82, 2.24) is 4.57 Å². The van der Waals surface area contributed by atoms with Crippen LogP contribution in [0.2, 0.25) is 0 Å². The van der Waals surface area contributed by atoms with Crippen LogP contribution in [0.5, 0.6) is 0 Å². The van der Waals surface area contributed by atoms with Crippen molar-refractivity contribution in [3.8, 4) is 39.1 Å². The highest BCUT2D eigenvalue weighted by molar-refractivity contribution is 6.16. The molecule has 252 valence electrons. The van der Waals surface area contributed by atoms with Crippen molar-refractivity contribution in [2.75, 3.05) is 4.90 Å². The minimum atomic E-state index is -0.00620. The summed E-state index contributed by atoms with van der Waals surface area (Å²) in [5.74, 6) is 0. The molecule has 1 aromatic heterocycles. The molecule has 0 amide bonds. The molecule has 10 rings (SSSR count). The van der Waals surface area contributed by atoms with Gasteiger partial charge in [-0.1, -0.05) is 147 Å². The third kappa shape index (κ3) is 5.02. The molecule has 0 saturated carbocycles. The fraction of sp³-hybridized carbons (Fsp3) is 0.0588. The zero-order chi connectivity index (χ0) is 35.5. The summed E-state index contributed by atoms with van der Waals surface area (Å²) in [4.78, 5) is 2.43. The van der Waals surface area contributed by atoms with Crippen LogP contribution in [0, 0.1) is 0 Å². The molecule has 53 heavy (non-hydrogen) atoms. The van der Waals surface area contributed by atoms with Crippen LogP contribution < -0.4 is 4.90 Å². The van der Waals surface area contributed by atoms with Crippen LogP contribution in [0.4, 0.5) is 17.1 Å². The number of nitrogens with zero attached hydrogens (tertiary/aromatic N) is 2. The zero-order valence-electron chi connectivity index (χ0n) is 29.9. The first-order chi connectivity index (χ1) is 26.1. The Bertz CT molecular complexity index is 2790. The maximum atomic E-state index is 2.43. The van der Waals surface area contributed by atoms with Crippen molar-refractivity contribution in [3.63, 3.8) is 0 Å². The van der Waals surface area contributed by atoms with Gasteiger partial charge in [0, 0.05) is 33.2 Å². The van der Waals surface area contributed by atoms with E-state index in [4.69, 9.17) is 0 Å². The van der Waals surface area contributed by atoms with E-state index in [0.29, 0.717) is 0 Å². The molecule has 0 bridgehead atoms. The fourth-order valence-corrected chi connectivity index (χ4v) is 8.63. The first-order valence-corrected chi connectivity index (χ1v) is 18.4. The molecule has 0 atom stereocenters. The van der Waals surface area contributed by atoms with E-state index in [9.17, 15) is 0 Å². The summed E-state index contributed by atoms with van der Waals surface area (Å²) in [6.07, 6.45) is 0. The van der Waals surface area contributed by atoms with Crippen molar-refractivity contribution >= 4 is 38.9 Å². The molecule has 1 aliphatic carbocycles. The molecule has 0 N–H and O–H groups in total. The molecular weight excluding hydrogens is 641 g/mol. The van der Waals surface area contributed by atoms with Gasteiger partial charge in [-0.2, -0.15) is 0 Å². The second-order valence-electron chi connectivity index (χ2n) is 14.6. The average Bonchev–Trinajstić information content (AvgIpc) is 3.68. The smallest absolute Gasteiger partial charge is 0.0562 e. The molecule has 0 spiro atoms. The first kappa shape index (κ1) is 31.1. The standard InChI is InChI=1S/C51H38N2/c1-51(2)45-23-11-9-21-42(45)44-34-38(29-32-46(44)51)36-27-30-40(31-28-36)52(41-20-13-17-37(33-41)35-15-5-3-6-16-35)48-25-14-26-49-50(48)43-22-10-12-24-47(43)53(49)39-18-7-4-8-19-39/h3-34H,1-2H3. The number of fused-ring (bicyclic) bond motifs is 6. The number of rotatable bonds is 6. The van der Waals surface area contributed by atoms with Crippen LogP contribution in [-0.4, -0.2) is 4.57 Å². The molecule has 2 heteroatoms. The molecule has 2 nitrogen and oxygen atoms in total. The van der Waals surface area contributed by atoms with Crippen molar-refractivity contribution in [2.45, 2.75) is 19.3 Å². The van der Waals surface area contributed by atoms with Crippen LogP contribution in [0.1, 0.15) is 25.0 Å². The Morgan fingerprint density at radius 3 is 1.85 bits per heavy atom. The summed E-state index contributed by atoms with van der Waals surface area (Å²) in [6, 6.07) is 70.8. The van der Waals surface area contributed by atoms with E-state index in [1.54, 1.807) is 0 Å². The molecule has 0 saturated heterocycles. The van der Waals surface area contributed by atoms with Crippen LogP contribution >= 0.6 is 0 Å². The molecule has 8 aromatic carbocycles. The Balaban J connectivity index is 1.15. The Morgan fingerprint density at radius 1 is 0.415 bits per heavy atom. The van der Waals surface area contributed by atoms with Gasteiger partial charge in [-0.3, -0.25) is 0 Å². The van der Waals surface area contributed by atoms with Gasteiger partial charge in [0.15, 0.2) is 0 Å². The van der Waals surface area contributed by atoms with Gasteiger partial charge >= 0.3 is 0 Å². The SMILES string of the molecule is CC1(C)c2ccccc2-c2cc(-c3ccc(N(c4cccc(-c5ccccc5)c4)c4cccc5c4c4ccccc4n5-c4ccccc4)cc3)ccc21. The third-order valence-electron chi connectivity index (χ3n) is 11.2. The van der Waals surface area contributed by atoms with Crippen molar-refractivity contribution in [3.05, 3.63) is 205 Å². The lowest BCUT2D eigenvalue weighted by atomic mass is 9.82. The van der Waals surface area contributed by atoms with Gasteiger partial charge in [-0.25, -0.2) is 0 Å². The summed E-state index contributed by atoms with van der Waals surface area (Å²) in [5, 5.41) is 2.45. The number of anilines is 3. The minimum Gasteiger partial charge on any atom is -0.310 e. The summed E-state index contributed by atoms with van der Waals surface area (Å²) >= 11 is 0. The maximum absolute atomic E-state index is 2.43. The van der Waals surface area contributed by atoms with E-state index in [0.717, 1.165) is 22.7 Å². The Hall–Kier alpha value is -6.64. The second-order valence-corrected chi connectivity index (χ2v) is 14.6. The molecular formula is C51H38N2. The van der Waals surface area contributed by atoms with Gasteiger partial charge in [0.2, 0.25) is 0 Å². The molecule has 0 unspecified atom stereocenters.